The Kier molecular flexibility index (Phi) is 3.95. The lowest BCUT2D eigenvalue weighted by atomic mass is 10.0. The number of nitrogens with zero attached hydrogens (tertiary/aromatic N) is 2. The van der Waals surface area contributed by atoms with E-state index in [0.717, 1.165) is 11.3 Å². The fourth-order valence-electron chi connectivity index (χ4n) is 2.42. The Morgan fingerprint density at radius 1 is 1.25 bits per heavy atom. The maximum Gasteiger partial charge on any atom is 0.129 e. The maximum absolute atomic E-state index is 13.7. The van der Waals surface area contributed by atoms with Crippen molar-refractivity contribution < 1.29 is 4.39 Å². The van der Waals surface area contributed by atoms with Crippen molar-refractivity contribution in [2.75, 3.05) is 7.05 Å². The summed E-state index contributed by atoms with van der Waals surface area (Å²) in [6.45, 7) is 8.53. The van der Waals surface area contributed by atoms with E-state index in [1.54, 1.807) is 13.8 Å². The minimum absolute atomic E-state index is 0.116. The molecule has 20 heavy (non-hydrogen) atoms. The molecule has 1 aromatic carbocycles. The molecule has 0 radical (unpaired) electrons. The van der Waals surface area contributed by atoms with Crippen molar-refractivity contribution in [2.45, 2.75) is 39.8 Å². The number of aromatic nitrogens is 2. The number of hydrogen-bond acceptors (Lipinski definition) is 2. The van der Waals surface area contributed by atoms with Gasteiger partial charge in [0.05, 0.1) is 23.8 Å². The van der Waals surface area contributed by atoms with E-state index >= 15 is 0 Å². The lowest BCUT2D eigenvalue weighted by molar-refractivity contribution is 0.413. The number of imidazole rings is 1. The lowest BCUT2D eigenvalue weighted by Gasteiger charge is -2.25. The van der Waals surface area contributed by atoms with Crippen LogP contribution >= 0.6 is 0 Å². The van der Waals surface area contributed by atoms with Gasteiger partial charge in [-0.15, -0.1) is 0 Å². The van der Waals surface area contributed by atoms with Crippen molar-refractivity contribution >= 4 is 0 Å². The molecule has 0 aliphatic rings. The minimum Gasteiger partial charge on any atom is -0.328 e. The van der Waals surface area contributed by atoms with Gasteiger partial charge in [0, 0.05) is 6.54 Å². The van der Waals surface area contributed by atoms with Crippen LogP contribution in [0.4, 0.5) is 4.39 Å². The van der Waals surface area contributed by atoms with Crippen LogP contribution in [-0.2, 0) is 12.1 Å². The molecule has 4 heteroatoms. The van der Waals surface area contributed by atoms with Crippen molar-refractivity contribution in [3.8, 4) is 0 Å². The quantitative estimate of drug-likeness (QED) is 0.929. The third-order valence-corrected chi connectivity index (χ3v) is 3.83. The van der Waals surface area contributed by atoms with Gasteiger partial charge in [0.25, 0.3) is 0 Å². The van der Waals surface area contributed by atoms with E-state index in [2.05, 4.69) is 28.7 Å². The Labute approximate surface area is 119 Å². The van der Waals surface area contributed by atoms with Gasteiger partial charge in [-0.3, -0.25) is 0 Å². The van der Waals surface area contributed by atoms with E-state index < -0.39 is 0 Å². The van der Waals surface area contributed by atoms with Crippen LogP contribution in [0, 0.1) is 19.7 Å². The average molecular weight is 275 g/mol. The average Bonchev–Trinajstić information content (AvgIpc) is 2.84. The van der Waals surface area contributed by atoms with Crippen LogP contribution < -0.4 is 5.32 Å². The van der Waals surface area contributed by atoms with Gasteiger partial charge in [-0.25, -0.2) is 9.37 Å². The van der Waals surface area contributed by atoms with Crippen molar-refractivity contribution in [1.82, 2.24) is 14.9 Å². The molecule has 2 rings (SSSR count). The Bertz CT molecular complexity index is 591. The second kappa shape index (κ2) is 5.37. The highest BCUT2D eigenvalue weighted by atomic mass is 19.1. The number of halogens is 1. The zero-order chi connectivity index (χ0) is 14.9. The van der Waals surface area contributed by atoms with E-state index in [4.69, 9.17) is 0 Å². The van der Waals surface area contributed by atoms with E-state index in [9.17, 15) is 4.39 Å². The first-order valence-corrected chi connectivity index (χ1v) is 6.80. The third kappa shape index (κ3) is 2.75. The molecule has 0 saturated heterocycles. The first-order chi connectivity index (χ1) is 9.35. The van der Waals surface area contributed by atoms with Crippen LogP contribution in [-0.4, -0.2) is 16.6 Å². The van der Waals surface area contributed by atoms with Crippen molar-refractivity contribution in [2.24, 2.45) is 0 Å². The molecule has 108 valence electrons. The Morgan fingerprint density at radius 3 is 2.40 bits per heavy atom. The molecule has 0 saturated carbocycles. The first kappa shape index (κ1) is 14.7. The van der Waals surface area contributed by atoms with Gasteiger partial charge < -0.3 is 9.88 Å². The Morgan fingerprint density at radius 2 is 1.85 bits per heavy atom. The summed E-state index contributed by atoms with van der Waals surface area (Å²) in [5.74, 6) is -0.116. The highest BCUT2D eigenvalue weighted by Crippen LogP contribution is 2.21. The second-order valence-corrected chi connectivity index (χ2v) is 5.83. The second-order valence-electron chi connectivity index (χ2n) is 5.83. The van der Waals surface area contributed by atoms with E-state index in [1.807, 2.05) is 31.7 Å². The standard InChI is InChI=1S/C16H22FN3/c1-11-6-13(7-12(2)15(11)17)9-20-10-19-8-14(20)16(3,4)18-5/h6-8,10,18H,9H2,1-5H3. The van der Waals surface area contributed by atoms with Crippen molar-refractivity contribution in [3.63, 3.8) is 0 Å². The molecule has 0 amide bonds. The van der Waals surface area contributed by atoms with Crippen LogP contribution in [0.5, 0.6) is 0 Å². The molecule has 0 bridgehead atoms. The number of rotatable bonds is 4. The van der Waals surface area contributed by atoms with Crippen LogP contribution in [0.2, 0.25) is 0 Å². The highest BCUT2D eigenvalue weighted by Gasteiger charge is 2.22. The molecule has 0 aliphatic carbocycles. The van der Waals surface area contributed by atoms with Crippen LogP contribution in [0.1, 0.15) is 36.2 Å². The summed E-state index contributed by atoms with van der Waals surface area (Å²) in [6.07, 6.45) is 3.70. The molecular formula is C16H22FN3. The number of hydrogen-bond donors (Lipinski definition) is 1. The van der Waals surface area contributed by atoms with Gasteiger partial charge in [-0.05, 0) is 51.4 Å². The van der Waals surface area contributed by atoms with Crippen molar-refractivity contribution in [1.29, 1.82) is 0 Å². The van der Waals surface area contributed by atoms with Gasteiger partial charge >= 0.3 is 0 Å². The largest absolute Gasteiger partial charge is 0.328 e. The normalized spacial score (nSPS) is 11.9. The van der Waals surface area contributed by atoms with Crippen LogP contribution in [0.15, 0.2) is 24.7 Å². The van der Waals surface area contributed by atoms with Crippen LogP contribution in [0.3, 0.4) is 0 Å². The molecule has 2 aromatic rings. The highest BCUT2D eigenvalue weighted by molar-refractivity contribution is 5.31. The fraction of sp³-hybridized carbons (Fsp3) is 0.438. The van der Waals surface area contributed by atoms with Gasteiger partial charge in [0.15, 0.2) is 0 Å². The van der Waals surface area contributed by atoms with Gasteiger partial charge in [0.1, 0.15) is 5.82 Å². The van der Waals surface area contributed by atoms with Gasteiger partial charge in [-0.1, -0.05) is 12.1 Å². The van der Waals surface area contributed by atoms with Crippen molar-refractivity contribution in [3.05, 3.63) is 52.9 Å². The first-order valence-electron chi connectivity index (χ1n) is 6.80. The minimum atomic E-state index is -0.152. The van der Waals surface area contributed by atoms with Gasteiger partial charge in [-0.2, -0.15) is 0 Å². The zero-order valence-electron chi connectivity index (χ0n) is 12.8. The number of nitrogens with one attached hydrogen (secondary N) is 1. The molecule has 0 atom stereocenters. The Balaban J connectivity index is 2.35. The summed E-state index contributed by atoms with van der Waals surface area (Å²) < 4.78 is 15.8. The molecule has 0 aliphatic heterocycles. The molecular weight excluding hydrogens is 253 g/mol. The summed E-state index contributed by atoms with van der Waals surface area (Å²) >= 11 is 0. The maximum atomic E-state index is 13.7. The number of aryl methyl sites for hydroxylation is 2. The third-order valence-electron chi connectivity index (χ3n) is 3.83. The fourth-order valence-corrected chi connectivity index (χ4v) is 2.42. The smallest absolute Gasteiger partial charge is 0.129 e. The lowest BCUT2D eigenvalue weighted by Crippen LogP contribution is -2.35. The van der Waals surface area contributed by atoms with E-state index in [1.165, 1.54) is 0 Å². The predicted octanol–water partition coefficient (Wildman–Crippen LogP) is 3.14. The topological polar surface area (TPSA) is 29.9 Å². The predicted molar refractivity (Wildman–Crippen MR) is 79.3 cm³/mol. The summed E-state index contributed by atoms with van der Waals surface area (Å²) in [5.41, 5.74) is 3.43. The summed E-state index contributed by atoms with van der Waals surface area (Å²) in [4.78, 5) is 4.24. The summed E-state index contributed by atoms with van der Waals surface area (Å²) in [5, 5.41) is 3.28. The van der Waals surface area contributed by atoms with Gasteiger partial charge in [0.2, 0.25) is 0 Å². The van der Waals surface area contributed by atoms with E-state index in [-0.39, 0.29) is 11.4 Å². The molecule has 1 heterocycles. The SMILES string of the molecule is CNC(C)(C)c1cncn1Cc1cc(C)c(F)c(C)c1. The number of benzene rings is 1. The molecule has 1 N–H and O–H groups in total. The molecule has 3 nitrogen and oxygen atoms in total. The monoisotopic (exact) mass is 275 g/mol. The summed E-state index contributed by atoms with van der Waals surface area (Å²) in [6, 6.07) is 3.80. The molecule has 0 fully saturated rings. The molecule has 0 spiro atoms. The molecule has 1 aromatic heterocycles. The summed E-state index contributed by atoms with van der Waals surface area (Å²) in [7, 11) is 1.93. The van der Waals surface area contributed by atoms with Crippen LogP contribution in [0.25, 0.3) is 0 Å². The Hall–Kier alpha value is -1.68. The zero-order valence-corrected chi connectivity index (χ0v) is 12.8. The van der Waals surface area contributed by atoms with E-state index in [0.29, 0.717) is 17.7 Å². The molecule has 0 unspecified atom stereocenters.